The maximum absolute atomic E-state index is 12.6. The topological polar surface area (TPSA) is 30.7 Å². The van der Waals surface area contributed by atoms with Crippen molar-refractivity contribution in [1.82, 2.24) is 0 Å². The van der Waals surface area contributed by atoms with E-state index in [1.807, 2.05) is 0 Å². The van der Waals surface area contributed by atoms with E-state index in [0.29, 0.717) is 11.8 Å². The maximum atomic E-state index is 12.6. The summed E-state index contributed by atoms with van der Waals surface area (Å²) in [5, 5.41) is 0. The van der Waals surface area contributed by atoms with Gasteiger partial charge in [-0.3, -0.25) is 4.79 Å². The molecule has 1 saturated carbocycles. The Balaban J connectivity index is 1.55. The quantitative estimate of drug-likeness (QED) is 0.623. The molecule has 0 radical (unpaired) electrons. The first-order valence-corrected chi connectivity index (χ1v) is 10.3. The second-order valence-electron chi connectivity index (χ2n) is 9.21. The van der Waals surface area contributed by atoms with E-state index in [0.717, 1.165) is 13.0 Å². The van der Waals surface area contributed by atoms with Crippen molar-refractivity contribution in [3.8, 4) is 0 Å². The molecular formula is C21H34NO2+. The fraction of sp³-hybridized carbons (Fsp3) is 0.857. The highest BCUT2D eigenvalue weighted by Crippen LogP contribution is 2.53. The highest BCUT2D eigenvalue weighted by molar-refractivity contribution is 5.76. The number of carbonyl (C=O) groups excluding carboxylic acids is 1. The van der Waals surface area contributed by atoms with E-state index in [2.05, 4.69) is 19.9 Å². The number of likely N-dealkylation sites (tertiary alicyclic amines) is 1. The molecule has 4 rings (SSSR count). The summed E-state index contributed by atoms with van der Waals surface area (Å²) in [7, 11) is 0. The molecule has 0 aromatic heterocycles. The van der Waals surface area contributed by atoms with Crippen LogP contribution in [0.25, 0.3) is 0 Å². The van der Waals surface area contributed by atoms with E-state index >= 15 is 0 Å². The summed E-state index contributed by atoms with van der Waals surface area (Å²) in [5.41, 5.74) is 1.92. The highest BCUT2D eigenvalue weighted by atomic mass is 16.6. The van der Waals surface area contributed by atoms with Crippen LogP contribution in [0.5, 0.6) is 0 Å². The normalized spacial score (nSPS) is 43.4. The van der Waals surface area contributed by atoms with Gasteiger partial charge in [-0.15, -0.1) is 0 Å². The Morgan fingerprint density at radius 3 is 2.71 bits per heavy atom. The third kappa shape index (κ3) is 2.94. The molecule has 0 spiro atoms. The zero-order valence-electron chi connectivity index (χ0n) is 15.5. The number of carbonyl (C=O) groups is 1. The van der Waals surface area contributed by atoms with Gasteiger partial charge in [-0.05, 0) is 56.3 Å². The first kappa shape index (κ1) is 16.6. The van der Waals surface area contributed by atoms with Gasteiger partial charge in [0.15, 0.2) is 0 Å². The van der Waals surface area contributed by atoms with E-state index in [-0.39, 0.29) is 23.4 Å². The van der Waals surface area contributed by atoms with Crippen LogP contribution in [-0.2, 0) is 9.53 Å². The van der Waals surface area contributed by atoms with Crippen LogP contribution in [0.15, 0.2) is 11.6 Å². The number of hydrogen-bond donors (Lipinski definition) is 1. The Morgan fingerprint density at radius 2 is 1.96 bits per heavy atom. The summed E-state index contributed by atoms with van der Waals surface area (Å²) in [4.78, 5) is 14.3. The molecule has 2 saturated heterocycles. The van der Waals surface area contributed by atoms with Crippen molar-refractivity contribution in [2.24, 2.45) is 23.2 Å². The first-order valence-electron chi connectivity index (χ1n) is 10.3. The molecule has 5 atom stereocenters. The van der Waals surface area contributed by atoms with Gasteiger partial charge in [0.1, 0.15) is 12.0 Å². The van der Waals surface area contributed by atoms with E-state index in [9.17, 15) is 4.79 Å². The number of rotatable bonds is 2. The Labute approximate surface area is 146 Å². The van der Waals surface area contributed by atoms with Gasteiger partial charge in [-0.25, -0.2) is 0 Å². The lowest BCUT2D eigenvalue weighted by molar-refractivity contribution is -0.901. The summed E-state index contributed by atoms with van der Waals surface area (Å²) < 4.78 is 5.90. The van der Waals surface area contributed by atoms with E-state index in [4.69, 9.17) is 4.74 Å². The zero-order chi connectivity index (χ0) is 16.7. The summed E-state index contributed by atoms with van der Waals surface area (Å²) in [6, 6.07) is 0. The van der Waals surface area contributed by atoms with Crippen LogP contribution in [0.2, 0.25) is 0 Å². The molecular weight excluding hydrogens is 298 g/mol. The van der Waals surface area contributed by atoms with Crippen molar-refractivity contribution in [3.63, 3.8) is 0 Å². The van der Waals surface area contributed by atoms with Gasteiger partial charge in [-0.1, -0.05) is 31.9 Å². The van der Waals surface area contributed by atoms with Gasteiger partial charge >= 0.3 is 5.97 Å². The van der Waals surface area contributed by atoms with E-state index in [1.165, 1.54) is 58.0 Å². The summed E-state index contributed by atoms with van der Waals surface area (Å²) in [6.07, 6.45) is 13.0. The van der Waals surface area contributed by atoms with Crippen LogP contribution in [0, 0.1) is 23.2 Å². The lowest BCUT2D eigenvalue weighted by atomic mass is 9.59. The van der Waals surface area contributed by atoms with Crippen LogP contribution in [-0.4, -0.2) is 31.7 Å². The lowest BCUT2D eigenvalue weighted by Crippen LogP contribution is -3.12. The molecule has 3 heteroatoms. The van der Waals surface area contributed by atoms with Crippen LogP contribution in [0.1, 0.15) is 65.2 Å². The molecule has 4 aliphatic rings. The fourth-order valence-electron chi connectivity index (χ4n) is 6.03. The Bertz CT molecular complexity index is 520. The molecule has 1 N–H and O–H groups in total. The standard InChI is InChI=1S/C21H33NO2/c1-15-8-7-9-21(2)13-19-16(12-18(15)21)17(20(23)24-19)14-22-10-5-3-4-6-11-22/h12,15-17,19H,3-11,13-14H2,1-2H3/p+1/t15-,16+,17+,19+,21+/m0/s1. The maximum Gasteiger partial charge on any atom is 0.315 e. The zero-order valence-corrected chi connectivity index (χ0v) is 15.5. The first-order chi connectivity index (χ1) is 11.6. The van der Waals surface area contributed by atoms with Gasteiger partial charge in [-0.2, -0.15) is 0 Å². The molecule has 2 heterocycles. The SMILES string of the molecule is C[C@H]1CCC[C@]2(C)C[C@H]3OC(=O)[C@H](C[NH+]4CCCCCC4)[C@H]3C=C12. The van der Waals surface area contributed by atoms with Crippen LogP contribution in [0.4, 0.5) is 0 Å². The molecule has 2 aliphatic carbocycles. The molecule has 0 unspecified atom stereocenters. The number of ether oxygens (including phenoxy) is 1. The van der Waals surface area contributed by atoms with Crippen LogP contribution >= 0.6 is 0 Å². The molecule has 0 bridgehead atoms. The van der Waals surface area contributed by atoms with Gasteiger partial charge in [0.25, 0.3) is 0 Å². The number of fused-ring (bicyclic) bond motifs is 2. The Morgan fingerprint density at radius 1 is 1.21 bits per heavy atom. The largest absolute Gasteiger partial charge is 0.461 e. The van der Waals surface area contributed by atoms with Crippen molar-refractivity contribution in [2.45, 2.75) is 71.3 Å². The predicted molar refractivity (Wildman–Crippen MR) is 94.7 cm³/mol. The second-order valence-corrected chi connectivity index (χ2v) is 9.21. The minimum Gasteiger partial charge on any atom is -0.461 e. The number of allylic oxidation sites excluding steroid dienone is 1. The number of hydrogen-bond acceptors (Lipinski definition) is 2. The van der Waals surface area contributed by atoms with Crippen molar-refractivity contribution >= 4 is 5.97 Å². The molecule has 2 aliphatic heterocycles. The average Bonchev–Trinajstić information content (AvgIpc) is 2.72. The smallest absolute Gasteiger partial charge is 0.315 e. The molecule has 3 fully saturated rings. The van der Waals surface area contributed by atoms with Crippen LogP contribution in [0.3, 0.4) is 0 Å². The summed E-state index contributed by atoms with van der Waals surface area (Å²) in [6.45, 7) is 8.27. The third-order valence-corrected chi connectivity index (χ3v) is 7.40. The van der Waals surface area contributed by atoms with Crippen molar-refractivity contribution in [3.05, 3.63) is 11.6 Å². The minimum atomic E-state index is 0.0912. The number of nitrogens with one attached hydrogen (secondary N) is 1. The molecule has 3 nitrogen and oxygen atoms in total. The van der Waals surface area contributed by atoms with Gasteiger partial charge in [0.05, 0.1) is 19.6 Å². The Hall–Kier alpha value is -0.830. The molecule has 0 aromatic carbocycles. The van der Waals surface area contributed by atoms with E-state index < -0.39 is 0 Å². The van der Waals surface area contributed by atoms with Gasteiger partial charge in [0.2, 0.25) is 0 Å². The molecule has 0 aromatic rings. The molecule has 24 heavy (non-hydrogen) atoms. The monoisotopic (exact) mass is 332 g/mol. The minimum absolute atomic E-state index is 0.0912. The highest BCUT2D eigenvalue weighted by Gasteiger charge is 2.52. The van der Waals surface area contributed by atoms with Gasteiger partial charge < -0.3 is 9.64 Å². The Kier molecular flexibility index (Phi) is 4.49. The third-order valence-electron chi connectivity index (χ3n) is 7.40. The number of esters is 1. The summed E-state index contributed by atoms with van der Waals surface area (Å²) in [5.74, 6) is 1.23. The lowest BCUT2D eigenvalue weighted by Gasteiger charge is -2.46. The second kappa shape index (κ2) is 6.48. The van der Waals surface area contributed by atoms with E-state index in [1.54, 1.807) is 10.5 Å². The molecule has 0 amide bonds. The average molecular weight is 333 g/mol. The summed E-state index contributed by atoms with van der Waals surface area (Å²) >= 11 is 0. The van der Waals surface area contributed by atoms with Gasteiger partial charge in [0, 0.05) is 5.92 Å². The van der Waals surface area contributed by atoms with Crippen molar-refractivity contribution < 1.29 is 14.4 Å². The predicted octanol–water partition coefficient (Wildman–Crippen LogP) is 2.76. The van der Waals surface area contributed by atoms with Crippen LogP contribution < -0.4 is 4.90 Å². The van der Waals surface area contributed by atoms with Crippen molar-refractivity contribution in [2.75, 3.05) is 19.6 Å². The number of quaternary nitrogens is 1. The van der Waals surface area contributed by atoms with Crippen molar-refractivity contribution in [1.29, 1.82) is 0 Å². The molecule has 134 valence electrons. The fourth-order valence-corrected chi connectivity index (χ4v) is 6.03.